The predicted molar refractivity (Wildman–Crippen MR) is 578 cm³/mol. The van der Waals surface area contributed by atoms with Crippen LogP contribution in [0, 0.1) is 69.2 Å². The zero-order chi connectivity index (χ0) is 99.7. The van der Waals surface area contributed by atoms with Crippen LogP contribution in [0.4, 0.5) is 0 Å². The molecule has 0 bridgehead atoms. The summed E-state index contributed by atoms with van der Waals surface area (Å²) in [6.07, 6.45) is 23.6. The maximum Gasteiger partial charge on any atom is 0.227 e. The van der Waals surface area contributed by atoms with Gasteiger partial charge in [-0.1, -0.05) is 151 Å². The van der Waals surface area contributed by atoms with Crippen LogP contribution in [0.15, 0.2) is 223 Å². The lowest BCUT2D eigenvalue weighted by atomic mass is 9.90. The van der Waals surface area contributed by atoms with Crippen LogP contribution >= 0.6 is 0 Å². The molecule has 0 fully saturated rings. The summed E-state index contributed by atoms with van der Waals surface area (Å²) in [5.74, 6) is 3.35. The van der Waals surface area contributed by atoms with Gasteiger partial charge in [0.1, 0.15) is 35.2 Å². The van der Waals surface area contributed by atoms with E-state index in [1.165, 1.54) is 138 Å². The number of pyridine rings is 10. The maximum atomic E-state index is 6.39. The normalized spacial score (nSPS) is 11.8. The second-order valence-electron chi connectivity index (χ2n) is 39.6. The van der Waals surface area contributed by atoms with Gasteiger partial charge >= 0.3 is 0 Å². The molecular weight excluding hydrogens is 1720 g/mol. The number of aryl methyl sites for hydroxylation is 16. The van der Waals surface area contributed by atoms with Gasteiger partial charge in [0, 0.05) is 142 Å². The highest BCUT2D eigenvalue weighted by Gasteiger charge is 2.32. The molecule has 0 aliphatic carbocycles. The summed E-state index contributed by atoms with van der Waals surface area (Å²) in [6.45, 7) is 50.4. The van der Waals surface area contributed by atoms with Crippen molar-refractivity contribution in [1.82, 2.24) is 24.9 Å². The van der Waals surface area contributed by atoms with Gasteiger partial charge in [-0.05, 0) is 292 Å². The van der Waals surface area contributed by atoms with Crippen molar-refractivity contribution in [3.63, 3.8) is 0 Å². The van der Waals surface area contributed by atoms with E-state index in [0.717, 1.165) is 195 Å². The van der Waals surface area contributed by atoms with Gasteiger partial charge in [-0.2, -0.15) is 0 Å². The lowest BCUT2D eigenvalue weighted by Crippen LogP contribution is -2.32. The number of aromatic nitrogens is 10. The molecule has 0 aliphatic heterocycles. The zero-order valence-corrected chi connectivity index (χ0v) is 88.3. The minimum absolute atomic E-state index is 0.378. The summed E-state index contributed by atoms with van der Waals surface area (Å²) in [5.41, 5.74) is 41.0. The van der Waals surface area contributed by atoms with E-state index in [1.807, 2.05) is 39.0 Å². The van der Waals surface area contributed by atoms with Crippen LogP contribution in [0.2, 0.25) is 0 Å². The molecule has 0 unspecified atom stereocenters. The predicted octanol–water partition coefficient (Wildman–Crippen LogP) is 31.7. The molecule has 15 aromatic heterocycles. The summed E-state index contributed by atoms with van der Waals surface area (Å²) < 4.78 is 42.7. The molecule has 15 nitrogen and oxygen atoms in total. The van der Waals surface area contributed by atoms with Gasteiger partial charge < -0.3 is 22.1 Å². The van der Waals surface area contributed by atoms with Crippen LogP contribution in [0.5, 0.6) is 0 Å². The molecule has 15 heterocycles. The quantitative estimate of drug-likeness (QED) is 0.0600. The zero-order valence-electron chi connectivity index (χ0n) is 88.3. The Morgan fingerprint density at radius 3 is 0.750 bits per heavy atom. The fourth-order valence-corrected chi connectivity index (χ4v) is 21.4. The Balaban J connectivity index is 0.000000126. The molecule has 0 saturated carbocycles. The number of hydrogen-bond donors (Lipinski definition) is 0. The second-order valence-corrected chi connectivity index (χ2v) is 39.6. The van der Waals surface area contributed by atoms with Crippen LogP contribution in [-0.2, 0) is 41.7 Å². The molecule has 0 aliphatic rings. The third kappa shape index (κ3) is 19.4. The molecule has 0 radical (unpaired) electrons. The van der Waals surface area contributed by atoms with Crippen LogP contribution in [-0.4, -0.2) is 24.9 Å². The SMILES string of the molecule is CCC(CC)c1c[n+](C)c(-c2c(C)ccc3c2oc2nc(C)ccc23)cc1C.CCC(CC)c1c[n+](C)c(-c2c(C)ccc3c2oc2nc(C)ccc23)cc1C.CCC(CC)c1cc[n+](C)c(-c2c(C)ccc3c2oc2nc(C(C)C)ccc23)c1.CCC(CC)c1cc[n+](C)c(-c2c(C)ccc3c2oc2nc(C)ccc23)c1.CCc1ccc2c(n1)oc1c(-c3cc(C(CC)CC)cc[n+]3C)c(C)ccc12. The highest BCUT2D eigenvalue weighted by atomic mass is 16.4. The summed E-state index contributed by atoms with van der Waals surface area (Å²) in [7, 11) is 10.6. The Labute approximate surface area is 827 Å². The molecular formula is C125H145N10O5+5. The van der Waals surface area contributed by atoms with E-state index in [4.69, 9.17) is 32.1 Å². The van der Waals surface area contributed by atoms with E-state index in [1.54, 1.807) is 0 Å². The van der Waals surface area contributed by atoms with Crippen LogP contribution < -0.4 is 22.8 Å². The fourth-order valence-electron chi connectivity index (χ4n) is 21.4. The Bertz CT molecular complexity index is 7820. The highest BCUT2D eigenvalue weighted by molar-refractivity contribution is 6.13. The summed E-state index contributed by atoms with van der Waals surface area (Å²) in [4.78, 5) is 23.3. The largest absolute Gasteiger partial charge is 0.437 e. The van der Waals surface area contributed by atoms with Crippen molar-refractivity contribution in [2.24, 2.45) is 35.2 Å². The van der Waals surface area contributed by atoms with E-state index < -0.39 is 0 Å². The van der Waals surface area contributed by atoms with Crippen molar-refractivity contribution in [2.75, 3.05) is 0 Å². The first-order valence-corrected chi connectivity index (χ1v) is 51.5. The molecule has 20 aromatic rings. The standard InChI is InChI=1S/C26H31N2O.3C25H29N2O.C24H27N2O/c1-7-18(8-2)19-13-14-28(6)23(15-19)24-17(5)9-10-20-21-11-12-22(16(3)4)27-26(21)29-25(20)24;2*1-7-18(8-2)21-14-27(6)22(13-16(21)4)23-15(3)9-11-19-20-12-10-17(5)26-25(20)28-24(19)23;1-6-17(7-2)18-13-14-27(5)22(15-18)23-16(4)9-11-20-21-12-10-19(8-3)26-25(21)28-24(20)23;1-6-17(7-2)18-12-13-26(5)21(14-18)22-15(3)8-10-19-20-11-9-16(4)25-24(20)27-23(19)22/h9-16,18H,7-8H2,1-6H3;2*9-14,18H,7-8H2,1-6H3;9-15,17H,6-8H2,1-5H3;8-14,17H,6-7H2,1-5H3/q5*+1. The Morgan fingerprint density at radius 2 is 0.486 bits per heavy atom. The van der Waals surface area contributed by atoms with E-state index in [2.05, 4.69) is 394 Å². The first-order valence-electron chi connectivity index (χ1n) is 51.5. The lowest BCUT2D eigenvalue weighted by molar-refractivity contribution is -0.661. The first-order chi connectivity index (χ1) is 67.4. The number of furan rings is 5. The fraction of sp³-hybridized carbons (Fsp3) is 0.360. The molecule has 720 valence electrons. The number of nitrogens with zero attached hydrogens (tertiary/aromatic N) is 10. The molecule has 0 atom stereocenters. The van der Waals surface area contributed by atoms with Gasteiger partial charge in [0.2, 0.25) is 57.0 Å². The molecule has 140 heavy (non-hydrogen) atoms. The van der Waals surface area contributed by atoms with Gasteiger partial charge in [0.05, 0.1) is 27.8 Å². The van der Waals surface area contributed by atoms with Crippen LogP contribution in [0.3, 0.4) is 0 Å². The molecule has 20 rings (SSSR count). The van der Waals surface area contributed by atoms with E-state index in [9.17, 15) is 0 Å². The van der Waals surface area contributed by atoms with Crippen molar-refractivity contribution in [3.05, 3.63) is 296 Å². The van der Waals surface area contributed by atoms with Gasteiger partial charge in [0.25, 0.3) is 0 Å². The number of rotatable bonds is 22. The smallest absolute Gasteiger partial charge is 0.227 e. The summed E-state index contributed by atoms with van der Waals surface area (Å²) in [5, 5.41) is 11.1. The van der Waals surface area contributed by atoms with Crippen molar-refractivity contribution in [3.8, 4) is 56.3 Å². The number of benzene rings is 5. The van der Waals surface area contributed by atoms with E-state index in [0.29, 0.717) is 35.5 Å². The van der Waals surface area contributed by atoms with Crippen molar-refractivity contribution < 1.29 is 44.9 Å². The highest BCUT2D eigenvalue weighted by Crippen LogP contribution is 2.45. The number of fused-ring (bicyclic) bond motifs is 15. The molecule has 0 N–H and O–H groups in total. The molecule has 0 amide bonds. The monoisotopic (exact) mass is 1870 g/mol. The Kier molecular flexibility index (Phi) is 30.1. The lowest BCUT2D eigenvalue weighted by Gasteiger charge is -2.15. The molecule has 15 heteroatoms. The number of hydrogen-bond acceptors (Lipinski definition) is 10. The van der Waals surface area contributed by atoms with Gasteiger partial charge in [-0.3, -0.25) is 0 Å². The van der Waals surface area contributed by atoms with E-state index >= 15 is 0 Å². The maximum absolute atomic E-state index is 6.39. The second kappa shape index (κ2) is 42.3. The van der Waals surface area contributed by atoms with Crippen LogP contribution in [0.25, 0.3) is 167 Å². The summed E-state index contributed by atoms with van der Waals surface area (Å²) in [6, 6.07) is 61.2. The average molecular weight is 1870 g/mol. The molecule has 0 saturated heterocycles. The van der Waals surface area contributed by atoms with Crippen molar-refractivity contribution in [2.45, 2.75) is 265 Å². The minimum Gasteiger partial charge on any atom is -0.437 e. The molecule has 5 aromatic carbocycles. The topological polar surface area (TPSA) is 150 Å². The average Bonchev–Trinajstić information content (AvgIpc) is 1.60. The Morgan fingerprint density at radius 1 is 0.243 bits per heavy atom. The van der Waals surface area contributed by atoms with Crippen molar-refractivity contribution >= 4 is 110 Å². The third-order valence-electron chi connectivity index (χ3n) is 30.1. The van der Waals surface area contributed by atoms with Gasteiger partial charge in [0.15, 0.2) is 58.9 Å². The minimum atomic E-state index is 0.378. The van der Waals surface area contributed by atoms with Crippen LogP contribution in [0.1, 0.15) is 285 Å². The molecule has 0 spiro atoms. The van der Waals surface area contributed by atoms with Gasteiger partial charge in [-0.25, -0.2) is 47.8 Å². The summed E-state index contributed by atoms with van der Waals surface area (Å²) >= 11 is 0. The van der Waals surface area contributed by atoms with Crippen molar-refractivity contribution in [1.29, 1.82) is 0 Å². The first kappa shape index (κ1) is 99.6. The van der Waals surface area contributed by atoms with E-state index in [-0.39, 0.29) is 0 Å². The third-order valence-corrected chi connectivity index (χ3v) is 30.1. The Hall–Kier alpha value is -13.4. The van der Waals surface area contributed by atoms with Gasteiger partial charge in [-0.15, -0.1) is 0 Å².